The zero-order chi connectivity index (χ0) is 30.8. The van der Waals surface area contributed by atoms with Gasteiger partial charge in [-0.2, -0.15) is 0 Å². The van der Waals surface area contributed by atoms with Gasteiger partial charge in [0.25, 0.3) is 5.91 Å². The molecule has 224 valence electrons. The van der Waals surface area contributed by atoms with E-state index < -0.39 is 29.4 Å². The third-order valence-corrected chi connectivity index (χ3v) is 8.73. The zero-order valence-electron chi connectivity index (χ0n) is 24.0. The van der Waals surface area contributed by atoms with E-state index in [1.54, 1.807) is 41.3 Å². The normalized spacial score (nSPS) is 18.5. The van der Waals surface area contributed by atoms with Gasteiger partial charge in [-0.05, 0) is 107 Å². The molecule has 0 saturated carbocycles. The van der Waals surface area contributed by atoms with Gasteiger partial charge in [0.15, 0.2) is 0 Å². The standard InChI is InChI=1S/C30H34I2N4O6/c1-30(2,3)29(41)36-14-6-8-24(36)26(38)33-21-11-9-17(31)15-19(21)27(39)35-13-5-7-23(35)25(37)34-22-12-10-18(32)16-20(22)28(40)42-4/h9-12,15-16,23-24H,5-8,13-14H2,1-4H3,(H,33,38)(H,34,37)/t23-,24-/m0/s1. The van der Waals surface area contributed by atoms with E-state index in [1.165, 1.54) is 12.0 Å². The Morgan fingerprint density at radius 3 is 1.79 bits per heavy atom. The fourth-order valence-corrected chi connectivity index (χ4v) is 6.27. The van der Waals surface area contributed by atoms with Crippen LogP contribution in [0.3, 0.4) is 0 Å². The Bertz CT molecular complexity index is 1420. The third-order valence-electron chi connectivity index (χ3n) is 7.39. The van der Waals surface area contributed by atoms with E-state index in [2.05, 4.69) is 55.8 Å². The summed E-state index contributed by atoms with van der Waals surface area (Å²) < 4.78 is 6.47. The number of rotatable bonds is 6. The van der Waals surface area contributed by atoms with Gasteiger partial charge in [0.1, 0.15) is 12.1 Å². The van der Waals surface area contributed by atoms with Crippen LogP contribution in [-0.4, -0.2) is 71.7 Å². The van der Waals surface area contributed by atoms with Crippen LogP contribution in [0.1, 0.15) is 67.2 Å². The van der Waals surface area contributed by atoms with Gasteiger partial charge in [-0.15, -0.1) is 0 Å². The van der Waals surface area contributed by atoms with Crippen molar-refractivity contribution in [2.75, 3.05) is 30.8 Å². The summed E-state index contributed by atoms with van der Waals surface area (Å²) in [6, 6.07) is 8.79. The third kappa shape index (κ3) is 7.06. The van der Waals surface area contributed by atoms with Crippen LogP contribution >= 0.6 is 45.2 Å². The number of halogens is 2. The van der Waals surface area contributed by atoms with E-state index in [0.717, 1.165) is 13.6 Å². The highest BCUT2D eigenvalue weighted by molar-refractivity contribution is 14.1. The molecule has 0 unspecified atom stereocenters. The minimum atomic E-state index is -0.765. The zero-order valence-corrected chi connectivity index (χ0v) is 28.3. The summed E-state index contributed by atoms with van der Waals surface area (Å²) in [5.41, 5.74) is 0.513. The lowest BCUT2D eigenvalue weighted by molar-refractivity contribution is -0.143. The SMILES string of the molecule is COC(=O)c1cc(I)ccc1NC(=O)[C@@H]1CCCN1C(=O)c1cc(I)ccc1NC(=O)[C@@H]1CCCN1C(=O)C(C)(C)C. The number of amides is 4. The van der Waals surface area contributed by atoms with Gasteiger partial charge in [-0.1, -0.05) is 20.8 Å². The predicted molar refractivity (Wildman–Crippen MR) is 175 cm³/mol. The molecule has 0 spiro atoms. The van der Waals surface area contributed by atoms with Gasteiger partial charge in [0.05, 0.1) is 29.6 Å². The summed E-state index contributed by atoms with van der Waals surface area (Å²) in [5.74, 6) is -1.80. The number of likely N-dealkylation sites (tertiary alicyclic amines) is 2. The van der Waals surface area contributed by atoms with E-state index in [-0.39, 0.29) is 28.8 Å². The molecule has 2 saturated heterocycles. The van der Waals surface area contributed by atoms with Gasteiger partial charge >= 0.3 is 5.97 Å². The fourth-order valence-electron chi connectivity index (χ4n) is 5.29. The first kappa shape index (κ1) is 32.2. The quantitative estimate of drug-likeness (QED) is 0.317. The van der Waals surface area contributed by atoms with Crippen molar-refractivity contribution in [1.29, 1.82) is 0 Å². The first-order chi connectivity index (χ1) is 19.8. The molecule has 4 rings (SSSR count). The summed E-state index contributed by atoms with van der Waals surface area (Å²) in [6.07, 6.45) is 2.34. The number of anilines is 2. The molecule has 12 heteroatoms. The molecule has 2 atom stereocenters. The minimum absolute atomic E-state index is 0.0894. The van der Waals surface area contributed by atoms with E-state index in [4.69, 9.17) is 4.74 Å². The Balaban J connectivity index is 1.55. The Labute approximate surface area is 272 Å². The molecule has 0 radical (unpaired) electrons. The number of nitrogens with zero attached hydrogens (tertiary/aromatic N) is 2. The molecule has 2 aromatic rings. The Morgan fingerprint density at radius 2 is 1.26 bits per heavy atom. The summed E-state index contributed by atoms with van der Waals surface area (Å²) in [4.78, 5) is 69.2. The van der Waals surface area contributed by atoms with Crippen LogP contribution in [0, 0.1) is 12.6 Å². The highest BCUT2D eigenvalue weighted by Crippen LogP contribution is 2.30. The molecule has 0 aliphatic carbocycles. The van der Waals surface area contributed by atoms with Crippen LogP contribution in [0.4, 0.5) is 11.4 Å². The van der Waals surface area contributed by atoms with Crippen molar-refractivity contribution >= 4 is 86.2 Å². The van der Waals surface area contributed by atoms with Crippen LogP contribution in [0.5, 0.6) is 0 Å². The monoisotopic (exact) mass is 800 g/mol. The minimum Gasteiger partial charge on any atom is -0.465 e. The molecule has 42 heavy (non-hydrogen) atoms. The smallest absolute Gasteiger partial charge is 0.340 e. The van der Waals surface area contributed by atoms with Crippen LogP contribution in [0.15, 0.2) is 36.4 Å². The van der Waals surface area contributed by atoms with Crippen LogP contribution in [-0.2, 0) is 19.1 Å². The number of nitrogens with one attached hydrogen (secondary N) is 2. The maximum absolute atomic E-state index is 13.9. The Hall–Kier alpha value is -2.75. The second-order valence-corrected chi connectivity index (χ2v) is 13.9. The van der Waals surface area contributed by atoms with Crippen molar-refractivity contribution in [2.24, 2.45) is 5.41 Å². The second-order valence-electron chi connectivity index (χ2n) is 11.4. The van der Waals surface area contributed by atoms with Gasteiger partial charge in [0, 0.05) is 25.6 Å². The highest BCUT2D eigenvalue weighted by Gasteiger charge is 2.40. The molecule has 2 aliphatic rings. The number of hydrogen-bond acceptors (Lipinski definition) is 6. The molecule has 2 N–H and O–H groups in total. The Kier molecular flexibility index (Phi) is 10.2. The largest absolute Gasteiger partial charge is 0.465 e. The number of hydrogen-bond donors (Lipinski definition) is 2. The lowest BCUT2D eigenvalue weighted by atomic mass is 9.94. The highest BCUT2D eigenvalue weighted by atomic mass is 127. The average molecular weight is 800 g/mol. The molecular weight excluding hydrogens is 766 g/mol. The number of benzene rings is 2. The van der Waals surface area contributed by atoms with E-state index >= 15 is 0 Å². The predicted octanol–water partition coefficient (Wildman–Crippen LogP) is 4.90. The molecule has 0 aromatic heterocycles. The van der Waals surface area contributed by atoms with Crippen molar-refractivity contribution in [3.05, 3.63) is 54.7 Å². The van der Waals surface area contributed by atoms with Gasteiger partial charge in [0.2, 0.25) is 17.7 Å². The Morgan fingerprint density at radius 1 is 0.786 bits per heavy atom. The van der Waals surface area contributed by atoms with Gasteiger partial charge in [-0.3, -0.25) is 19.2 Å². The van der Waals surface area contributed by atoms with Crippen molar-refractivity contribution in [3.8, 4) is 0 Å². The lowest BCUT2D eigenvalue weighted by Gasteiger charge is -2.30. The maximum atomic E-state index is 13.9. The van der Waals surface area contributed by atoms with Crippen molar-refractivity contribution < 1.29 is 28.7 Å². The molecular formula is C30H34I2N4O6. The average Bonchev–Trinajstić information content (AvgIpc) is 3.63. The summed E-state index contributed by atoms with van der Waals surface area (Å²) in [7, 11) is 1.27. The molecule has 2 aromatic carbocycles. The number of carbonyl (C=O) groups excluding carboxylic acids is 5. The van der Waals surface area contributed by atoms with Crippen molar-refractivity contribution in [1.82, 2.24) is 9.80 Å². The molecule has 0 bridgehead atoms. The van der Waals surface area contributed by atoms with E-state index in [1.807, 2.05) is 20.8 Å². The summed E-state index contributed by atoms with van der Waals surface area (Å²) >= 11 is 4.17. The number of carbonyl (C=O) groups is 5. The summed E-state index contributed by atoms with van der Waals surface area (Å²) in [5, 5.41) is 5.71. The molecule has 2 aliphatic heterocycles. The second kappa shape index (κ2) is 13.3. The van der Waals surface area contributed by atoms with E-state index in [9.17, 15) is 24.0 Å². The van der Waals surface area contributed by atoms with Crippen LogP contribution < -0.4 is 10.6 Å². The fraction of sp³-hybridized carbons (Fsp3) is 0.433. The maximum Gasteiger partial charge on any atom is 0.340 e. The molecule has 4 amide bonds. The van der Waals surface area contributed by atoms with Crippen LogP contribution in [0.25, 0.3) is 0 Å². The van der Waals surface area contributed by atoms with E-state index in [0.29, 0.717) is 43.7 Å². The van der Waals surface area contributed by atoms with Gasteiger partial charge in [-0.25, -0.2) is 4.79 Å². The molecule has 2 heterocycles. The van der Waals surface area contributed by atoms with Gasteiger partial charge < -0.3 is 25.2 Å². The first-order valence-electron chi connectivity index (χ1n) is 13.7. The number of esters is 1. The summed E-state index contributed by atoms with van der Waals surface area (Å²) in [6.45, 7) is 6.36. The van der Waals surface area contributed by atoms with Crippen molar-refractivity contribution in [3.63, 3.8) is 0 Å². The molecule has 2 fully saturated rings. The topological polar surface area (TPSA) is 125 Å². The lowest BCUT2D eigenvalue weighted by Crippen LogP contribution is -2.47. The van der Waals surface area contributed by atoms with Crippen LogP contribution in [0.2, 0.25) is 0 Å². The van der Waals surface area contributed by atoms with Crippen molar-refractivity contribution in [2.45, 2.75) is 58.5 Å². The first-order valence-corrected chi connectivity index (χ1v) is 15.9. The number of ether oxygens (including phenoxy) is 1. The molecule has 10 nitrogen and oxygen atoms in total. The number of methoxy groups -OCH3 is 1.